The fourth-order valence-corrected chi connectivity index (χ4v) is 3.99. The molecule has 0 bridgehead atoms. The van der Waals surface area contributed by atoms with Crippen LogP contribution in [0.25, 0.3) is 5.65 Å². The summed E-state index contributed by atoms with van der Waals surface area (Å²) >= 11 is 0. The van der Waals surface area contributed by atoms with Crippen LogP contribution in [0.15, 0.2) is 59.5 Å². The molecule has 4 heterocycles. The van der Waals surface area contributed by atoms with E-state index in [1.54, 1.807) is 61.7 Å². The van der Waals surface area contributed by atoms with Crippen LogP contribution in [0, 0.1) is 5.92 Å². The summed E-state index contributed by atoms with van der Waals surface area (Å²) in [6.07, 6.45) is 0.558. The van der Waals surface area contributed by atoms with E-state index in [1.807, 2.05) is 0 Å². The number of aromatic nitrogens is 2. The van der Waals surface area contributed by atoms with Crippen molar-refractivity contribution < 1.29 is 19.2 Å². The van der Waals surface area contributed by atoms with Gasteiger partial charge in [-0.1, -0.05) is 24.3 Å². The van der Waals surface area contributed by atoms with E-state index in [1.165, 1.54) is 4.40 Å². The first-order valence-corrected chi connectivity index (χ1v) is 9.60. The average Bonchev–Trinajstić information content (AvgIpc) is 3.29. The molecule has 1 N–H and O–H groups in total. The Kier molecular flexibility index (Phi) is 4.34. The van der Waals surface area contributed by atoms with E-state index < -0.39 is 29.9 Å². The van der Waals surface area contributed by atoms with Crippen molar-refractivity contribution in [1.82, 2.24) is 14.9 Å². The highest BCUT2D eigenvalue weighted by Crippen LogP contribution is 2.41. The summed E-state index contributed by atoms with van der Waals surface area (Å²) in [5.41, 5.74) is 3.36. The number of amides is 2. The van der Waals surface area contributed by atoms with Crippen LogP contribution >= 0.6 is 0 Å². The maximum Gasteiger partial charge on any atom is 0.266 e. The van der Waals surface area contributed by atoms with Gasteiger partial charge in [-0.3, -0.25) is 23.6 Å². The molecule has 9 nitrogen and oxygen atoms in total. The number of anilines is 1. The second-order valence-electron chi connectivity index (χ2n) is 7.00. The van der Waals surface area contributed by atoms with E-state index in [-0.39, 0.29) is 23.6 Å². The number of hydrogen-bond donors (Lipinski definition) is 1. The molecule has 3 atom stereocenters. The molecule has 0 unspecified atom stereocenters. The lowest BCUT2D eigenvalue weighted by atomic mass is 9.92. The molecule has 3 aromatic rings. The number of para-hydroxylation sites is 1. The fourth-order valence-electron chi connectivity index (χ4n) is 3.99. The van der Waals surface area contributed by atoms with E-state index in [0.717, 1.165) is 4.90 Å². The van der Waals surface area contributed by atoms with Gasteiger partial charge in [-0.2, -0.15) is 10.5 Å². The molecule has 30 heavy (non-hydrogen) atoms. The minimum atomic E-state index is -1.03. The number of carbonyl (C=O) groups excluding carboxylic acids is 2. The first-order chi connectivity index (χ1) is 14.6. The quantitative estimate of drug-likeness (QED) is 0.650. The standard InChI is InChI=1S/C21H18N4O5/c1-2-29-18-15(19(26)24-11-7-6-10-13(24)22-18)16-14-17(30-23-16)21(28)25(20(14)27)12-8-4-3-5-9-12/h3-11,14,16-17,23H,2H2,1H3/t14-,16-,17+/m1/s1. The lowest BCUT2D eigenvalue weighted by molar-refractivity contribution is -0.128. The summed E-state index contributed by atoms with van der Waals surface area (Å²) < 4.78 is 7.01. The zero-order valence-corrected chi connectivity index (χ0v) is 16.0. The lowest BCUT2D eigenvalue weighted by Gasteiger charge is -2.20. The molecule has 0 radical (unpaired) electrons. The second-order valence-corrected chi connectivity index (χ2v) is 7.00. The van der Waals surface area contributed by atoms with Crippen LogP contribution in [0.5, 0.6) is 5.88 Å². The van der Waals surface area contributed by atoms with Gasteiger partial charge < -0.3 is 4.74 Å². The Morgan fingerprint density at radius 2 is 1.83 bits per heavy atom. The van der Waals surface area contributed by atoms with Gasteiger partial charge in [0.05, 0.1) is 24.3 Å². The Balaban J connectivity index is 1.62. The largest absolute Gasteiger partial charge is 0.478 e. The summed E-state index contributed by atoms with van der Waals surface area (Å²) in [4.78, 5) is 50.4. The highest BCUT2D eigenvalue weighted by Gasteiger charge is 2.58. The molecule has 0 spiro atoms. The third-order valence-corrected chi connectivity index (χ3v) is 5.32. The highest BCUT2D eigenvalue weighted by atomic mass is 16.7. The van der Waals surface area contributed by atoms with Crippen molar-refractivity contribution in [2.45, 2.75) is 19.1 Å². The molecule has 0 saturated carbocycles. The van der Waals surface area contributed by atoms with E-state index in [4.69, 9.17) is 9.57 Å². The van der Waals surface area contributed by atoms with Crippen LogP contribution in [0.1, 0.15) is 18.5 Å². The number of carbonyl (C=O) groups is 2. The Bertz CT molecular complexity index is 1210. The minimum Gasteiger partial charge on any atom is -0.478 e. The van der Waals surface area contributed by atoms with E-state index in [0.29, 0.717) is 11.3 Å². The van der Waals surface area contributed by atoms with Crippen molar-refractivity contribution in [3.05, 3.63) is 70.6 Å². The number of ether oxygens (including phenoxy) is 1. The highest BCUT2D eigenvalue weighted by molar-refractivity contribution is 6.23. The van der Waals surface area contributed by atoms with Crippen molar-refractivity contribution in [3.63, 3.8) is 0 Å². The third-order valence-electron chi connectivity index (χ3n) is 5.32. The summed E-state index contributed by atoms with van der Waals surface area (Å²) in [6, 6.07) is 12.9. The first kappa shape index (κ1) is 18.5. The van der Waals surface area contributed by atoms with E-state index >= 15 is 0 Å². The summed E-state index contributed by atoms with van der Waals surface area (Å²) in [5.74, 6) is -1.70. The van der Waals surface area contributed by atoms with Crippen LogP contribution in [0.4, 0.5) is 5.69 Å². The van der Waals surface area contributed by atoms with Crippen molar-refractivity contribution in [2.24, 2.45) is 5.92 Å². The Labute approximate surface area is 170 Å². The molecule has 1 aromatic carbocycles. The average molecular weight is 406 g/mol. The zero-order valence-electron chi connectivity index (χ0n) is 16.0. The number of rotatable bonds is 4. The third kappa shape index (κ3) is 2.63. The molecule has 2 aliphatic heterocycles. The SMILES string of the molecule is CCOc1nc2ccccn2c(=O)c1[C@@H]1NO[C@@H]2C(=O)N(c3ccccc3)C(=O)[C@@H]21. The van der Waals surface area contributed by atoms with Crippen molar-refractivity contribution >= 4 is 23.1 Å². The molecular weight excluding hydrogens is 388 g/mol. The van der Waals surface area contributed by atoms with Crippen molar-refractivity contribution in [3.8, 4) is 5.88 Å². The number of nitrogens with zero attached hydrogens (tertiary/aromatic N) is 3. The van der Waals surface area contributed by atoms with Gasteiger partial charge in [0.2, 0.25) is 11.8 Å². The monoisotopic (exact) mass is 406 g/mol. The maximum absolute atomic E-state index is 13.3. The Morgan fingerprint density at radius 1 is 1.07 bits per heavy atom. The summed E-state index contributed by atoms with van der Waals surface area (Å²) in [7, 11) is 0. The Hall–Kier alpha value is -3.56. The van der Waals surface area contributed by atoms with Gasteiger partial charge in [0, 0.05) is 6.20 Å². The minimum absolute atomic E-state index is 0.119. The van der Waals surface area contributed by atoms with Crippen LogP contribution < -0.4 is 20.7 Å². The van der Waals surface area contributed by atoms with Gasteiger partial charge in [0.1, 0.15) is 11.2 Å². The predicted molar refractivity (Wildman–Crippen MR) is 106 cm³/mol. The number of imide groups is 1. The fraction of sp³-hybridized carbons (Fsp3) is 0.238. The Morgan fingerprint density at radius 3 is 2.60 bits per heavy atom. The van der Waals surface area contributed by atoms with Crippen LogP contribution in [0.3, 0.4) is 0 Å². The van der Waals surface area contributed by atoms with E-state index in [2.05, 4.69) is 10.5 Å². The summed E-state index contributed by atoms with van der Waals surface area (Å²) in [6.45, 7) is 2.06. The molecule has 2 aliphatic rings. The molecule has 5 rings (SSSR count). The topological polar surface area (TPSA) is 102 Å². The van der Waals surface area contributed by atoms with Crippen LogP contribution in [-0.4, -0.2) is 33.9 Å². The second kappa shape index (κ2) is 7.05. The van der Waals surface area contributed by atoms with Gasteiger partial charge >= 0.3 is 0 Å². The number of benzene rings is 1. The molecule has 2 aromatic heterocycles. The molecule has 152 valence electrons. The molecule has 2 saturated heterocycles. The van der Waals surface area contributed by atoms with E-state index in [9.17, 15) is 14.4 Å². The van der Waals surface area contributed by atoms with Gasteiger partial charge in [0.25, 0.3) is 11.5 Å². The number of pyridine rings is 1. The zero-order chi connectivity index (χ0) is 20.8. The van der Waals surface area contributed by atoms with Crippen molar-refractivity contribution in [1.29, 1.82) is 0 Å². The van der Waals surface area contributed by atoms with Gasteiger partial charge in [-0.05, 0) is 31.2 Å². The predicted octanol–water partition coefficient (Wildman–Crippen LogP) is 1.23. The van der Waals surface area contributed by atoms with Crippen LogP contribution in [0.2, 0.25) is 0 Å². The molecule has 9 heteroatoms. The van der Waals surface area contributed by atoms with Gasteiger partial charge in [0.15, 0.2) is 6.10 Å². The maximum atomic E-state index is 13.3. The molecule has 2 amide bonds. The number of hydrogen-bond acceptors (Lipinski definition) is 7. The lowest BCUT2D eigenvalue weighted by Crippen LogP contribution is -2.37. The van der Waals surface area contributed by atoms with Crippen LogP contribution in [-0.2, 0) is 14.4 Å². The van der Waals surface area contributed by atoms with Gasteiger partial charge in [-0.15, -0.1) is 0 Å². The summed E-state index contributed by atoms with van der Waals surface area (Å²) in [5, 5.41) is 0. The first-order valence-electron chi connectivity index (χ1n) is 9.60. The molecular formula is C21H18N4O5. The number of fused-ring (bicyclic) bond motifs is 2. The number of hydroxylamine groups is 1. The van der Waals surface area contributed by atoms with Gasteiger partial charge in [-0.25, -0.2) is 4.90 Å². The number of nitrogens with one attached hydrogen (secondary N) is 1. The van der Waals surface area contributed by atoms with Crippen molar-refractivity contribution in [2.75, 3.05) is 11.5 Å². The normalized spacial score (nSPS) is 23.2. The molecule has 0 aliphatic carbocycles. The smallest absolute Gasteiger partial charge is 0.266 e. The molecule has 2 fully saturated rings.